The van der Waals surface area contributed by atoms with Crippen LogP contribution in [0.2, 0.25) is 0 Å². The fourth-order valence-electron chi connectivity index (χ4n) is 2.08. The molecular weight excluding hydrogens is 238 g/mol. The van der Waals surface area contributed by atoms with Crippen molar-refractivity contribution in [3.63, 3.8) is 0 Å². The van der Waals surface area contributed by atoms with Gasteiger partial charge in [0, 0.05) is 13.7 Å². The maximum atomic E-state index is 12.0. The SMILES string of the molecule is COC(C(=O)O)[C@@H]1CCCN1C(=O)OC(C)(C)C. The van der Waals surface area contributed by atoms with Gasteiger partial charge in [0.1, 0.15) is 5.60 Å². The molecule has 0 radical (unpaired) electrons. The Morgan fingerprint density at radius 2 is 2.00 bits per heavy atom. The molecule has 0 aromatic carbocycles. The highest BCUT2D eigenvalue weighted by atomic mass is 16.6. The van der Waals surface area contributed by atoms with E-state index in [-0.39, 0.29) is 0 Å². The third kappa shape index (κ3) is 3.60. The van der Waals surface area contributed by atoms with Crippen molar-refractivity contribution in [2.75, 3.05) is 13.7 Å². The smallest absolute Gasteiger partial charge is 0.410 e. The van der Waals surface area contributed by atoms with Gasteiger partial charge in [-0.3, -0.25) is 0 Å². The van der Waals surface area contributed by atoms with Crippen molar-refractivity contribution < 1.29 is 24.2 Å². The average Bonchev–Trinajstić information content (AvgIpc) is 2.64. The normalized spacial score (nSPS) is 21.8. The van der Waals surface area contributed by atoms with Gasteiger partial charge in [-0.1, -0.05) is 0 Å². The molecule has 6 heteroatoms. The van der Waals surface area contributed by atoms with Gasteiger partial charge in [0.2, 0.25) is 0 Å². The minimum absolute atomic E-state index is 0.456. The largest absolute Gasteiger partial charge is 0.479 e. The predicted octanol–water partition coefficient (Wildman–Crippen LogP) is 1.49. The van der Waals surface area contributed by atoms with Crippen molar-refractivity contribution in [1.29, 1.82) is 0 Å². The molecule has 1 rings (SSSR count). The zero-order valence-electron chi connectivity index (χ0n) is 11.3. The number of carboxylic acids is 1. The van der Waals surface area contributed by atoms with Crippen LogP contribution in [0.3, 0.4) is 0 Å². The molecule has 1 heterocycles. The number of carbonyl (C=O) groups excluding carboxylic acids is 1. The molecular formula is C12H21NO5. The summed E-state index contributed by atoms with van der Waals surface area (Å²) in [5.41, 5.74) is -0.587. The maximum absolute atomic E-state index is 12.0. The number of ether oxygens (including phenoxy) is 2. The number of likely N-dealkylation sites (tertiary alicyclic amines) is 1. The van der Waals surface area contributed by atoms with Gasteiger partial charge in [-0.05, 0) is 33.6 Å². The van der Waals surface area contributed by atoms with Gasteiger partial charge < -0.3 is 19.5 Å². The number of methoxy groups -OCH3 is 1. The van der Waals surface area contributed by atoms with Crippen LogP contribution < -0.4 is 0 Å². The number of rotatable bonds is 3. The molecule has 2 atom stereocenters. The summed E-state index contributed by atoms with van der Waals surface area (Å²) in [6.45, 7) is 5.84. The lowest BCUT2D eigenvalue weighted by Crippen LogP contribution is -2.48. The molecule has 18 heavy (non-hydrogen) atoms. The van der Waals surface area contributed by atoms with Crippen molar-refractivity contribution in [1.82, 2.24) is 4.90 Å². The van der Waals surface area contributed by atoms with Gasteiger partial charge in [0.05, 0.1) is 6.04 Å². The van der Waals surface area contributed by atoms with Gasteiger partial charge in [0.25, 0.3) is 0 Å². The Hall–Kier alpha value is -1.30. The number of hydrogen-bond donors (Lipinski definition) is 1. The van der Waals surface area contributed by atoms with E-state index in [0.29, 0.717) is 13.0 Å². The average molecular weight is 259 g/mol. The van der Waals surface area contributed by atoms with Gasteiger partial charge in [-0.25, -0.2) is 9.59 Å². The molecule has 0 saturated carbocycles. The minimum Gasteiger partial charge on any atom is -0.479 e. The zero-order valence-corrected chi connectivity index (χ0v) is 11.3. The van der Waals surface area contributed by atoms with E-state index in [1.807, 2.05) is 0 Å². The molecule has 6 nitrogen and oxygen atoms in total. The summed E-state index contributed by atoms with van der Waals surface area (Å²) in [7, 11) is 1.34. The number of nitrogens with zero attached hydrogens (tertiary/aromatic N) is 1. The molecule has 1 aliphatic heterocycles. The number of carboxylic acid groups (broad SMARTS) is 1. The van der Waals surface area contributed by atoms with E-state index < -0.39 is 29.8 Å². The van der Waals surface area contributed by atoms with Crippen molar-refractivity contribution in [2.24, 2.45) is 0 Å². The van der Waals surface area contributed by atoms with Crippen molar-refractivity contribution in [3.05, 3.63) is 0 Å². The summed E-state index contributed by atoms with van der Waals surface area (Å²) < 4.78 is 10.2. The summed E-state index contributed by atoms with van der Waals surface area (Å²) in [5.74, 6) is -1.06. The lowest BCUT2D eigenvalue weighted by atomic mass is 10.1. The van der Waals surface area contributed by atoms with Crippen molar-refractivity contribution in [3.8, 4) is 0 Å². The highest BCUT2D eigenvalue weighted by Crippen LogP contribution is 2.24. The molecule has 0 aliphatic carbocycles. The molecule has 1 saturated heterocycles. The second-order valence-corrected chi connectivity index (χ2v) is 5.38. The molecule has 0 aromatic rings. The van der Waals surface area contributed by atoms with Gasteiger partial charge >= 0.3 is 12.1 Å². The quantitative estimate of drug-likeness (QED) is 0.831. The first-order valence-electron chi connectivity index (χ1n) is 6.01. The number of amides is 1. The Morgan fingerprint density at radius 3 is 2.44 bits per heavy atom. The van der Waals surface area contributed by atoms with E-state index in [4.69, 9.17) is 14.6 Å². The molecule has 1 unspecified atom stereocenters. The Labute approximate surface area is 107 Å². The molecule has 0 spiro atoms. The highest BCUT2D eigenvalue weighted by molar-refractivity contribution is 5.76. The first kappa shape index (κ1) is 14.8. The van der Waals surface area contributed by atoms with Crippen LogP contribution in [0.5, 0.6) is 0 Å². The first-order chi connectivity index (χ1) is 8.26. The van der Waals surface area contributed by atoms with Crippen molar-refractivity contribution >= 4 is 12.1 Å². The zero-order chi connectivity index (χ0) is 13.9. The first-order valence-corrected chi connectivity index (χ1v) is 6.01. The standard InChI is InChI=1S/C12H21NO5/c1-12(2,3)18-11(16)13-7-5-6-8(13)9(17-4)10(14)15/h8-9H,5-7H2,1-4H3,(H,14,15)/t8-,9?/m0/s1. The monoisotopic (exact) mass is 259 g/mol. The van der Waals surface area contributed by atoms with Crippen LogP contribution in [0.15, 0.2) is 0 Å². The van der Waals surface area contributed by atoms with Crippen molar-refractivity contribution in [2.45, 2.75) is 51.4 Å². The molecule has 1 fully saturated rings. The third-order valence-corrected chi connectivity index (χ3v) is 2.77. The summed E-state index contributed by atoms with van der Waals surface area (Å²) in [6, 6.07) is -0.456. The topological polar surface area (TPSA) is 76.1 Å². The summed E-state index contributed by atoms with van der Waals surface area (Å²) in [6.07, 6.45) is -0.102. The number of aliphatic carboxylic acids is 1. The van der Waals surface area contributed by atoms with Crippen LogP contribution in [0, 0.1) is 0 Å². The second kappa shape index (κ2) is 5.56. The van der Waals surface area contributed by atoms with Gasteiger partial charge in [-0.2, -0.15) is 0 Å². The van der Waals surface area contributed by atoms with Gasteiger partial charge in [-0.15, -0.1) is 0 Å². The van der Waals surface area contributed by atoms with Crippen LogP contribution in [0.1, 0.15) is 33.6 Å². The summed E-state index contributed by atoms with van der Waals surface area (Å²) in [5, 5.41) is 9.06. The third-order valence-electron chi connectivity index (χ3n) is 2.77. The van der Waals surface area contributed by atoms with E-state index in [0.717, 1.165) is 6.42 Å². The van der Waals surface area contributed by atoms with E-state index in [1.54, 1.807) is 20.8 Å². The Bertz CT molecular complexity index is 323. The van der Waals surface area contributed by atoms with Crippen LogP contribution >= 0.6 is 0 Å². The lowest BCUT2D eigenvalue weighted by Gasteiger charge is -2.30. The van der Waals surface area contributed by atoms with Crippen LogP contribution in [-0.2, 0) is 14.3 Å². The number of hydrogen-bond acceptors (Lipinski definition) is 4. The number of carbonyl (C=O) groups is 2. The summed E-state index contributed by atoms with van der Waals surface area (Å²) in [4.78, 5) is 24.5. The van der Waals surface area contributed by atoms with Crippen LogP contribution in [0.25, 0.3) is 0 Å². The Morgan fingerprint density at radius 1 is 1.39 bits per heavy atom. The highest BCUT2D eigenvalue weighted by Gasteiger charge is 2.40. The Kier molecular flexibility index (Phi) is 4.56. The van der Waals surface area contributed by atoms with Crippen LogP contribution in [0.4, 0.5) is 4.79 Å². The molecule has 0 aromatic heterocycles. The molecule has 0 bridgehead atoms. The molecule has 1 amide bonds. The van der Waals surface area contributed by atoms with Crippen LogP contribution in [-0.4, -0.2) is 53.5 Å². The van der Waals surface area contributed by atoms with E-state index >= 15 is 0 Å². The minimum atomic E-state index is -1.06. The Balaban J connectivity index is 2.75. The summed E-state index contributed by atoms with van der Waals surface area (Å²) >= 11 is 0. The lowest BCUT2D eigenvalue weighted by molar-refractivity contribution is -0.151. The second-order valence-electron chi connectivity index (χ2n) is 5.38. The van der Waals surface area contributed by atoms with Gasteiger partial charge in [0.15, 0.2) is 6.10 Å². The fraction of sp³-hybridized carbons (Fsp3) is 0.833. The molecule has 1 N–H and O–H groups in total. The molecule has 1 aliphatic rings. The predicted molar refractivity (Wildman–Crippen MR) is 64.4 cm³/mol. The molecule has 104 valence electrons. The van der Waals surface area contributed by atoms with E-state index in [9.17, 15) is 9.59 Å². The van der Waals surface area contributed by atoms with E-state index in [1.165, 1.54) is 12.0 Å². The maximum Gasteiger partial charge on any atom is 0.410 e. The van der Waals surface area contributed by atoms with E-state index in [2.05, 4.69) is 0 Å². The fourth-order valence-corrected chi connectivity index (χ4v) is 2.08.